The van der Waals surface area contributed by atoms with Gasteiger partial charge in [0.05, 0.1) is 50.7 Å². The fourth-order valence-electron chi connectivity index (χ4n) is 15.0. The summed E-state index contributed by atoms with van der Waals surface area (Å²) in [6.07, 6.45) is 4.31. The van der Waals surface area contributed by atoms with Crippen LogP contribution in [0.5, 0.6) is 69.0 Å². The van der Waals surface area contributed by atoms with E-state index < -0.39 is 62.3 Å². The van der Waals surface area contributed by atoms with Gasteiger partial charge in [0.2, 0.25) is 0 Å². The third kappa shape index (κ3) is 27.5. The third-order valence-electron chi connectivity index (χ3n) is 22.1. The lowest BCUT2D eigenvalue weighted by atomic mass is 10.1. The molecule has 4 unspecified atom stereocenters. The Balaban J connectivity index is 0.000000157. The molecule has 770 valence electrons. The third-order valence-corrected chi connectivity index (χ3v) is 27.0. The first kappa shape index (κ1) is 108. The summed E-state index contributed by atoms with van der Waals surface area (Å²) in [7, 11) is 5.88. The first-order valence-corrected chi connectivity index (χ1v) is 49.8. The van der Waals surface area contributed by atoms with E-state index in [0.717, 1.165) is 19.3 Å². The van der Waals surface area contributed by atoms with Crippen molar-refractivity contribution in [2.75, 3.05) is 68.0 Å². The number of amides is 8. The van der Waals surface area contributed by atoms with Crippen LogP contribution in [0.1, 0.15) is 154 Å². The number of hydrazone groups is 4. The first-order valence-electron chi connectivity index (χ1n) is 46.3. The van der Waals surface area contributed by atoms with Crippen LogP contribution in [0.2, 0.25) is 0 Å². The number of carbonyl (C=O) groups excluding carboxylic acids is 8. The number of nitrogens with zero attached hydrogens (tertiary/aromatic N) is 8. The zero-order valence-electron chi connectivity index (χ0n) is 81.5. The molecular formula is C109H102F4N12O20S4. The lowest BCUT2D eigenvalue weighted by molar-refractivity contribution is -0.125. The van der Waals surface area contributed by atoms with Crippen molar-refractivity contribution in [1.82, 2.24) is 41.3 Å². The molecule has 8 N–H and O–H groups in total. The molecule has 4 atom stereocenters. The minimum absolute atomic E-state index is 0.0717. The number of hydrogen-bond acceptors (Lipinski definition) is 28. The lowest BCUT2D eigenvalue weighted by Crippen LogP contribution is -2.43. The molecule has 4 aliphatic heterocycles. The predicted molar refractivity (Wildman–Crippen MR) is 560 cm³/mol. The molecule has 40 heteroatoms. The molecule has 0 spiro atoms. The molecule has 4 heterocycles. The van der Waals surface area contributed by atoms with E-state index in [1.807, 2.05) is 27.7 Å². The number of phenolic OH excluding ortho intramolecular Hbond substituents is 4. The average Bonchev–Trinajstić information content (AvgIpc) is 1.65. The number of aromatic hydroxyl groups is 4. The summed E-state index contributed by atoms with van der Waals surface area (Å²) in [5.41, 5.74) is 4.68. The van der Waals surface area contributed by atoms with E-state index >= 15 is 0 Å². The van der Waals surface area contributed by atoms with Crippen molar-refractivity contribution in [3.05, 3.63) is 370 Å². The second-order valence-corrected chi connectivity index (χ2v) is 38.2. The number of hydrogen-bond donors (Lipinski definition) is 8. The second kappa shape index (κ2) is 50.6. The SMILES string of the molecule is C=CCNC(=O)COc1cccc(C2SC(c3ccc(F)cc3)=NN2C(=O)c2ccccc2O)c1OC.CCCNC(=O)COc1cccc(C2SC(c3ccc(F)cc3)=NN2C(=O)c2ccccc2O)c1OC.COc1c(OCC(=O)NC(C)(C)C)cccc1C1SC(c2ccc(F)cc2)=NN1C(=O)c1ccccc1O.COc1c(OCC(=O)NC2CC2)cccc1C1SC(c2ccc(F)cc2)=NN1C(=O)c1ccccc1O. The number of phenols is 4. The van der Waals surface area contributed by atoms with E-state index in [1.54, 1.807) is 176 Å². The van der Waals surface area contributed by atoms with Crippen LogP contribution in [0.3, 0.4) is 0 Å². The largest absolute Gasteiger partial charge is 0.507 e. The molecule has 0 saturated heterocycles. The van der Waals surface area contributed by atoms with Gasteiger partial charge in [-0.3, -0.25) is 38.4 Å². The van der Waals surface area contributed by atoms with Crippen LogP contribution >= 0.6 is 47.0 Å². The Morgan fingerprint density at radius 2 is 0.617 bits per heavy atom. The summed E-state index contributed by atoms with van der Waals surface area (Å²) >= 11 is 5.07. The Morgan fingerprint density at radius 1 is 0.362 bits per heavy atom. The van der Waals surface area contributed by atoms with E-state index in [0.29, 0.717) is 124 Å². The van der Waals surface area contributed by atoms with E-state index in [-0.39, 0.29) is 113 Å². The molecule has 1 aliphatic carbocycles. The van der Waals surface area contributed by atoms with Gasteiger partial charge in [-0.15, -0.1) is 6.58 Å². The van der Waals surface area contributed by atoms with Gasteiger partial charge in [-0.25, -0.2) is 37.6 Å². The van der Waals surface area contributed by atoms with Crippen molar-refractivity contribution in [2.45, 2.75) is 80.0 Å². The lowest BCUT2D eigenvalue weighted by Gasteiger charge is -2.24. The quantitative estimate of drug-likeness (QED) is 0.0140. The first-order chi connectivity index (χ1) is 71.9. The summed E-state index contributed by atoms with van der Waals surface area (Å²) in [6, 6.07) is 68.9. The fourth-order valence-corrected chi connectivity index (χ4v) is 19.7. The second-order valence-electron chi connectivity index (χ2n) is 33.9. The highest BCUT2D eigenvalue weighted by Crippen LogP contribution is 2.54. The van der Waals surface area contributed by atoms with Gasteiger partial charge in [0, 0.05) is 69.2 Å². The van der Waals surface area contributed by atoms with Crippen LogP contribution in [0.25, 0.3) is 0 Å². The van der Waals surface area contributed by atoms with Crippen LogP contribution in [0.15, 0.2) is 300 Å². The Bertz CT molecular complexity index is 7050. The Kier molecular flexibility index (Phi) is 36.7. The monoisotopic (exact) mass is 2100 g/mol. The highest BCUT2D eigenvalue weighted by Gasteiger charge is 2.44. The van der Waals surface area contributed by atoms with E-state index in [9.17, 15) is 76.3 Å². The van der Waals surface area contributed by atoms with Gasteiger partial charge in [0.1, 0.15) is 87.9 Å². The van der Waals surface area contributed by atoms with Gasteiger partial charge in [0.25, 0.3) is 47.3 Å². The molecule has 0 aromatic heterocycles. The van der Waals surface area contributed by atoms with Gasteiger partial charge in [0.15, 0.2) is 72.4 Å². The zero-order chi connectivity index (χ0) is 106. The van der Waals surface area contributed by atoms with Gasteiger partial charge in [-0.05, 0) is 210 Å². The summed E-state index contributed by atoms with van der Waals surface area (Å²) in [5.74, 6) is -2.85. The van der Waals surface area contributed by atoms with Crippen LogP contribution < -0.4 is 59.2 Å². The Labute approximate surface area is 871 Å². The topological polar surface area (TPSA) is 402 Å². The van der Waals surface area contributed by atoms with Crippen molar-refractivity contribution in [1.29, 1.82) is 0 Å². The van der Waals surface area contributed by atoms with Crippen LogP contribution in [-0.4, -0.2) is 187 Å². The van der Waals surface area contributed by atoms with E-state index in [1.165, 1.54) is 193 Å². The predicted octanol–water partition coefficient (Wildman–Crippen LogP) is 18.7. The van der Waals surface area contributed by atoms with Crippen molar-refractivity contribution < 1.29 is 114 Å². The molecule has 1 fully saturated rings. The maximum Gasteiger partial charge on any atom is 0.279 e. The van der Waals surface area contributed by atoms with Crippen molar-refractivity contribution in [3.8, 4) is 69.0 Å². The minimum Gasteiger partial charge on any atom is -0.507 e. The minimum atomic E-state index is -0.708. The highest BCUT2D eigenvalue weighted by molar-refractivity contribution is 8.15. The number of benzene rings is 12. The van der Waals surface area contributed by atoms with Crippen LogP contribution in [0.4, 0.5) is 17.6 Å². The van der Waals surface area contributed by atoms with E-state index in [4.69, 9.17) is 37.9 Å². The number of methoxy groups -OCH3 is 4. The Morgan fingerprint density at radius 3 is 0.859 bits per heavy atom. The Hall–Kier alpha value is -16.5. The molecule has 17 rings (SSSR count). The van der Waals surface area contributed by atoms with Gasteiger partial charge in [-0.1, -0.05) is 157 Å². The number of carbonyl (C=O) groups is 8. The molecular weight excluding hydrogens is 2000 g/mol. The van der Waals surface area contributed by atoms with Crippen molar-refractivity contribution in [3.63, 3.8) is 0 Å². The van der Waals surface area contributed by atoms with Gasteiger partial charge in [-0.2, -0.15) is 20.4 Å². The molecule has 12 aromatic carbocycles. The zero-order valence-corrected chi connectivity index (χ0v) is 84.7. The number of ether oxygens (including phenoxy) is 8. The van der Waals surface area contributed by atoms with Gasteiger partial charge < -0.3 is 79.6 Å². The van der Waals surface area contributed by atoms with Crippen LogP contribution in [-0.2, 0) is 19.2 Å². The summed E-state index contributed by atoms with van der Waals surface area (Å²) in [6.45, 7) is 11.1. The van der Waals surface area contributed by atoms with Crippen molar-refractivity contribution >= 4 is 114 Å². The molecule has 8 amide bonds. The molecule has 12 aromatic rings. The number of rotatable bonds is 33. The number of halogens is 4. The van der Waals surface area contributed by atoms with Gasteiger partial charge >= 0.3 is 0 Å². The summed E-state index contributed by atoms with van der Waals surface area (Å²) in [4.78, 5) is 103. The van der Waals surface area contributed by atoms with Crippen LogP contribution in [0, 0.1) is 23.3 Å². The van der Waals surface area contributed by atoms with E-state index in [2.05, 4.69) is 48.3 Å². The molecule has 5 aliphatic rings. The summed E-state index contributed by atoms with van der Waals surface area (Å²) in [5, 5.41) is 74.7. The molecule has 1 saturated carbocycles. The maximum atomic E-state index is 13.6. The molecule has 32 nitrogen and oxygen atoms in total. The fraction of sp³-hybridized carbons (Fsp3) is 0.211. The highest BCUT2D eigenvalue weighted by atomic mass is 32.2. The van der Waals surface area contributed by atoms with Crippen molar-refractivity contribution in [2.24, 2.45) is 20.4 Å². The normalized spacial score (nSPS) is 15.3. The number of thioether (sulfide) groups is 4. The smallest absolute Gasteiger partial charge is 0.279 e. The molecule has 0 bridgehead atoms. The maximum absolute atomic E-state index is 13.6. The standard InChI is InChI=1S/C28H28FN3O5S.C27H24FN3O5S.C27H26FN3O5S.C27H24FN3O5S/c1-28(2,3)30-23(34)16-37-22-11-7-9-20(24(22)36-4)27-32(26(35)19-8-5-6-10-21(19)33)31-25(38-27)17-12-14-18(29)15-13-17;1-35-24-20(6-4-8-22(24)36-15-23(33)29-18-13-14-18)27-31(26(34)19-5-2-3-7-21(19)32)30-25(37-27)16-9-11-17(28)12-10-16;2*1-3-15-29-23(33)16-36-22-10-6-8-20(24(22)35-2)27-31(26(34)19-7-4-5-9-21(19)32)30-25(37-27)17-11-13-18(28)14-12-17/h5-15,27,33H,16H2,1-4H3,(H,30,34);2-12,18,27,32H,13-15H2,1H3,(H,29,33);4-14,27,32H,3,15-16H2,1-2H3,(H,29,33);3-14,27,32H,1,15-16H2,2H3,(H,29,33). The number of para-hydroxylation sites is 8. The molecule has 0 radical (unpaired) electrons. The number of nitrogens with one attached hydrogen (secondary N) is 4. The average molecular weight is 2100 g/mol. The summed E-state index contributed by atoms with van der Waals surface area (Å²) < 4.78 is 99.8. The molecule has 149 heavy (non-hydrogen) atoms.